The molecule has 0 saturated carbocycles. The fourth-order valence-corrected chi connectivity index (χ4v) is 8.30. The molecular formula is C44H28. The Kier molecular flexibility index (Phi) is 4.67. The van der Waals surface area contributed by atoms with E-state index < -0.39 is 0 Å². The van der Waals surface area contributed by atoms with E-state index in [2.05, 4.69) is 147 Å². The maximum absolute atomic E-state index is 2.51. The summed E-state index contributed by atoms with van der Waals surface area (Å²) in [6.07, 6.45) is 0. The van der Waals surface area contributed by atoms with Crippen molar-refractivity contribution in [2.75, 3.05) is 0 Å². The first-order valence-corrected chi connectivity index (χ1v) is 15.5. The molecule has 10 aromatic carbocycles. The zero-order valence-corrected chi connectivity index (χ0v) is 24.7. The van der Waals surface area contributed by atoms with Crippen molar-refractivity contribution in [3.8, 4) is 22.3 Å². The first-order valence-electron chi connectivity index (χ1n) is 15.5. The minimum atomic E-state index is 1.26. The number of fused-ring (bicyclic) bond motifs is 7. The number of benzene rings is 8. The summed E-state index contributed by atoms with van der Waals surface area (Å²) in [6, 6.07) is 50.2. The fourth-order valence-electron chi connectivity index (χ4n) is 8.30. The van der Waals surface area contributed by atoms with Crippen molar-refractivity contribution < 1.29 is 0 Å². The molecule has 204 valence electrons. The average Bonchev–Trinajstić information content (AvgIpc) is 3.57. The molecule has 0 heteroatoms. The highest BCUT2D eigenvalue weighted by atomic mass is 14.3. The lowest BCUT2D eigenvalue weighted by molar-refractivity contribution is 1.55. The monoisotopic (exact) mass is 556 g/mol. The van der Waals surface area contributed by atoms with Gasteiger partial charge in [-0.25, -0.2) is 0 Å². The van der Waals surface area contributed by atoms with Gasteiger partial charge in [-0.2, -0.15) is 0 Å². The number of aryl methyl sites for hydroxylation is 2. The lowest BCUT2D eigenvalue weighted by Crippen LogP contribution is -1.89. The van der Waals surface area contributed by atoms with Gasteiger partial charge in [-0.1, -0.05) is 121 Å². The molecule has 0 saturated heterocycles. The molecule has 0 aliphatic heterocycles. The van der Waals surface area contributed by atoms with Crippen LogP contribution in [-0.4, -0.2) is 0 Å². The standard InChI is InChI=1S/C44H28/c1-25-19-21-32-36-24-38-37(23-35(36)31-17-9-15-29(25)41(31)32)39(27-11-5-3-6-12-27)43-33-18-10-16-30-26(2)20-22-34(42(30)33)44(43)40(38)28-13-7-4-8-14-28/h3-24H,1-2H3. The van der Waals surface area contributed by atoms with Gasteiger partial charge >= 0.3 is 0 Å². The highest BCUT2D eigenvalue weighted by Gasteiger charge is 2.25. The second kappa shape index (κ2) is 8.56. The van der Waals surface area contributed by atoms with E-state index in [1.807, 2.05) is 0 Å². The van der Waals surface area contributed by atoms with Gasteiger partial charge in [0.2, 0.25) is 0 Å². The summed E-state index contributed by atoms with van der Waals surface area (Å²) < 4.78 is 0. The summed E-state index contributed by atoms with van der Waals surface area (Å²) in [7, 11) is 0. The Morgan fingerprint density at radius 1 is 0.273 bits per heavy atom. The maximum Gasteiger partial charge on any atom is -0.000741 e. The van der Waals surface area contributed by atoms with Gasteiger partial charge < -0.3 is 0 Å². The Morgan fingerprint density at radius 2 is 0.682 bits per heavy atom. The van der Waals surface area contributed by atoms with Gasteiger partial charge in [0.25, 0.3) is 0 Å². The van der Waals surface area contributed by atoms with E-state index in [-0.39, 0.29) is 0 Å². The quantitative estimate of drug-likeness (QED) is 0.199. The van der Waals surface area contributed by atoms with E-state index in [0.717, 1.165) is 0 Å². The van der Waals surface area contributed by atoms with Gasteiger partial charge in [0, 0.05) is 0 Å². The van der Waals surface area contributed by atoms with Crippen LogP contribution in [0.5, 0.6) is 0 Å². The van der Waals surface area contributed by atoms with E-state index >= 15 is 0 Å². The fraction of sp³-hybridized carbons (Fsp3) is 0.0455. The smallest absolute Gasteiger partial charge is 0.000741 e. The van der Waals surface area contributed by atoms with Gasteiger partial charge in [-0.05, 0) is 135 Å². The van der Waals surface area contributed by atoms with Crippen LogP contribution >= 0.6 is 0 Å². The Balaban J connectivity index is 1.56. The molecule has 0 heterocycles. The van der Waals surface area contributed by atoms with Gasteiger partial charge in [-0.3, -0.25) is 0 Å². The van der Waals surface area contributed by atoms with Crippen LogP contribution in [0.2, 0.25) is 0 Å². The molecule has 44 heavy (non-hydrogen) atoms. The lowest BCUT2D eigenvalue weighted by atomic mass is 9.85. The first kappa shape index (κ1) is 24.0. The predicted octanol–water partition coefficient (Wildman–Crippen LogP) is 12.6. The predicted molar refractivity (Wildman–Crippen MR) is 192 cm³/mol. The topological polar surface area (TPSA) is 0 Å². The van der Waals surface area contributed by atoms with Crippen molar-refractivity contribution in [3.63, 3.8) is 0 Å². The second-order valence-corrected chi connectivity index (χ2v) is 12.5. The molecule has 10 aromatic rings. The van der Waals surface area contributed by atoms with Crippen molar-refractivity contribution in [2.24, 2.45) is 0 Å². The van der Waals surface area contributed by atoms with Gasteiger partial charge in [0.15, 0.2) is 0 Å². The van der Waals surface area contributed by atoms with Crippen molar-refractivity contribution in [2.45, 2.75) is 13.8 Å². The molecule has 0 aromatic heterocycles. The van der Waals surface area contributed by atoms with Gasteiger partial charge in [0.05, 0.1) is 0 Å². The molecule has 0 nitrogen and oxygen atoms in total. The van der Waals surface area contributed by atoms with Crippen molar-refractivity contribution in [3.05, 3.63) is 145 Å². The summed E-state index contributed by atoms with van der Waals surface area (Å²) in [5, 5.41) is 18.9. The summed E-state index contributed by atoms with van der Waals surface area (Å²) in [4.78, 5) is 0. The molecule has 0 atom stereocenters. The average molecular weight is 557 g/mol. The third-order valence-electron chi connectivity index (χ3n) is 10.2. The molecule has 0 N–H and O–H groups in total. The second-order valence-electron chi connectivity index (χ2n) is 12.5. The van der Waals surface area contributed by atoms with E-state index in [1.165, 1.54) is 109 Å². The van der Waals surface area contributed by atoms with Crippen LogP contribution in [-0.2, 0) is 0 Å². The summed E-state index contributed by atoms with van der Waals surface area (Å²) in [5.41, 5.74) is 7.85. The summed E-state index contributed by atoms with van der Waals surface area (Å²) >= 11 is 0. The van der Waals surface area contributed by atoms with Crippen LogP contribution in [0.25, 0.3) is 97.7 Å². The van der Waals surface area contributed by atoms with Gasteiger partial charge in [0.1, 0.15) is 0 Å². The molecule has 0 fully saturated rings. The minimum absolute atomic E-state index is 1.26. The van der Waals surface area contributed by atoms with Crippen LogP contribution in [0, 0.1) is 13.8 Å². The summed E-state index contributed by atoms with van der Waals surface area (Å²) in [6.45, 7) is 4.47. The van der Waals surface area contributed by atoms with Crippen LogP contribution in [0.1, 0.15) is 11.1 Å². The molecule has 0 unspecified atom stereocenters. The van der Waals surface area contributed by atoms with Crippen LogP contribution in [0.15, 0.2) is 133 Å². The lowest BCUT2D eigenvalue weighted by Gasteiger charge is -2.17. The SMILES string of the molecule is Cc1ccc2c3cc4c(-c5ccccc5)c5c6ccc(C)c7cccc(c5c(-c5ccccc5)c4cc3c3cccc1c32)c76. The molecule has 0 aliphatic rings. The molecule has 0 radical (unpaired) electrons. The van der Waals surface area contributed by atoms with Crippen molar-refractivity contribution in [1.82, 2.24) is 0 Å². The van der Waals surface area contributed by atoms with E-state index in [4.69, 9.17) is 0 Å². The van der Waals surface area contributed by atoms with Crippen molar-refractivity contribution >= 4 is 75.4 Å². The summed E-state index contributed by atoms with van der Waals surface area (Å²) in [5.74, 6) is 0. The Hall–Kier alpha value is -5.46. The largest absolute Gasteiger partial charge is 0.0622 e. The van der Waals surface area contributed by atoms with Crippen molar-refractivity contribution in [1.29, 1.82) is 0 Å². The first-order chi connectivity index (χ1) is 21.7. The molecule has 0 aliphatic carbocycles. The number of hydrogen-bond donors (Lipinski definition) is 0. The highest BCUT2D eigenvalue weighted by molar-refractivity contribution is 6.42. The Morgan fingerprint density at radius 3 is 1.23 bits per heavy atom. The van der Waals surface area contributed by atoms with Crippen LogP contribution in [0.3, 0.4) is 0 Å². The highest BCUT2D eigenvalue weighted by Crippen LogP contribution is 2.53. The molecular weight excluding hydrogens is 528 g/mol. The third-order valence-corrected chi connectivity index (χ3v) is 10.2. The molecule has 10 rings (SSSR count). The van der Waals surface area contributed by atoms with Crippen LogP contribution in [0.4, 0.5) is 0 Å². The zero-order chi connectivity index (χ0) is 29.1. The number of hydrogen-bond acceptors (Lipinski definition) is 0. The number of rotatable bonds is 2. The molecule has 0 amide bonds. The third kappa shape index (κ3) is 2.98. The van der Waals surface area contributed by atoms with E-state index in [0.29, 0.717) is 0 Å². The van der Waals surface area contributed by atoms with E-state index in [1.54, 1.807) is 0 Å². The maximum atomic E-state index is 2.51. The Labute approximate surface area is 255 Å². The minimum Gasteiger partial charge on any atom is -0.0622 e. The molecule has 0 bridgehead atoms. The molecule has 0 spiro atoms. The zero-order valence-electron chi connectivity index (χ0n) is 24.7. The van der Waals surface area contributed by atoms with Gasteiger partial charge in [-0.15, -0.1) is 0 Å². The normalized spacial score (nSPS) is 12.3. The van der Waals surface area contributed by atoms with Crippen LogP contribution < -0.4 is 0 Å². The van der Waals surface area contributed by atoms with E-state index in [9.17, 15) is 0 Å². The Bertz CT molecular complexity index is 2630.